The molecule has 123 heavy (non-hydrogen) atoms. The minimum Gasteiger partial charge on any atom is -0.481 e. The highest BCUT2D eigenvalue weighted by molar-refractivity contribution is 14.1. The zero-order chi connectivity index (χ0) is 86.4. The summed E-state index contributed by atoms with van der Waals surface area (Å²) in [5.74, 6) is -2.47. The number of aromatic amines is 1. The van der Waals surface area contributed by atoms with E-state index in [2.05, 4.69) is 279 Å². The number of hydrogen-bond donors (Lipinski definition) is 5. The van der Waals surface area contributed by atoms with Gasteiger partial charge < -0.3 is 48.2 Å². The van der Waals surface area contributed by atoms with E-state index in [1.807, 2.05) is 78.9 Å². The normalized spacial score (nSPS) is 13.3. The van der Waals surface area contributed by atoms with Crippen molar-refractivity contribution >= 4 is 229 Å². The van der Waals surface area contributed by atoms with Gasteiger partial charge in [0.15, 0.2) is 5.82 Å². The molecule has 1 aliphatic heterocycles. The first kappa shape index (κ1) is 86.3. The number of aryl methyl sites for hydroxylation is 10. The van der Waals surface area contributed by atoms with Crippen LogP contribution in [0.1, 0.15) is 84.6 Å². The van der Waals surface area contributed by atoms with Crippen molar-refractivity contribution in [2.24, 2.45) is 5.92 Å². The molecule has 0 atom stereocenters. The van der Waals surface area contributed by atoms with Crippen molar-refractivity contribution in [3.05, 3.63) is 287 Å². The maximum absolute atomic E-state index is 11.1. The number of aliphatic carboxylic acids is 4. The average molecular weight is 1890 g/mol. The Labute approximate surface area is 750 Å². The van der Waals surface area contributed by atoms with Gasteiger partial charge in [0.05, 0.1) is 42.6 Å². The number of nitriles is 1. The zero-order valence-corrected chi connectivity index (χ0v) is 74.8. The fourth-order valence-corrected chi connectivity index (χ4v) is 19.2. The molecule has 5 N–H and O–H groups in total. The first-order valence-corrected chi connectivity index (χ1v) is 44.2. The number of halogens is 5. The van der Waals surface area contributed by atoms with Crippen LogP contribution in [0, 0.1) is 55.4 Å². The lowest BCUT2D eigenvalue weighted by atomic mass is 9.80. The Hall–Kier alpha value is -11.7. The number of aromatic nitrogens is 9. The van der Waals surface area contributed by atoms with Gasteiger partial charge in [0.1, 0.15) is 0 Å². The van der Waals surface area contributed by atoms with E-state index in [1.54, 1.807) is 11.8 Å². The third-order valence-electron chi connectivity index (χ3n) is 22.5. The van der Waals surface area contributed by atoms with Crippen LogP contribution in [0.4, 0.5) is 11.4 Å². The van der Waals surface area contributed by atoms with Gasteiger partial charge in [0, 0.05) is 194 Å². The molecule has 25 heteroatoms. The molecule has 2 aliphatic rings. The highest BCUT2D eigenvalue weighted by Crippen LogP contribution is 2.49. The number of carboxylic acid groups (broad SMARTS) is 4. The van der Waals surface area contributed by atoms with Gasteiger partial charge in [-0.15, -0.1) is 10.2 Å². The van der Waals surface area contributed by atoms with Crippen LogP contribution >= 0.6 is 85.1 Å². The number of benzene rings is 12. The molecule has 7 heterocycles. The molecular formula is C98H86BrCl3IN11O8S. The summed E-state index contributed by atoms with van der Waals surface area (Å²) < 4.78 is 13.2. The van der Waals surface area contributed by atoms with Crippen LogP contribution in [0.5, 0.6) is 0 Å². The van der Waals surface area contributed by atoms with Crippen molar-refractivity contribution in [1.29, 1.82) is 5.26 Å². The SMILES string of the molecule is Cc1ccc2c(c1)N(CCC#N)c1ccccc1S2.Cc1ccc2c(c1)c1cc(Br)ccc1n2CCC(=O)O.Cc1ccc2c(c1)c1cc(Cl)ccc1n2C1CC(C(=O)O)C1.Cc1ccc2c(c1)c1cc(Cl)ccc1n2CCCC(=O)O.Cc1ccc2c(c1)c1cc(Cl)ccc1n2CCc1nn[nH]n1.O=C(O)CCn1c2ccccc2c2cc(I)ccc21. The van der Waals surface area contributed by atoms with Crippen LogP contribution in [0.2, 0.25) is 15.1 Å². The van der Waals surface area contributed by atoms with Crippen molar-refractivity contribution < 1.29 is 39.6 Å². The summed E-state index contributed by atoms with van der Waals surface area (Å²) in [7, 11) is 0. The lowest BCUT2D eigenvalue weighted by molar-refractivity contribution is -0.146. The van der Waals surface area contributed by atoms with Crippen LogP contribution in [0.25, 0.3) is 109 Å². The number of nitrogens with zero attached hydrogens (tertiary/aromatic N) is 10. The Morgan fingerprint density at radius 3 is 1.40 bits per heavy atom. The zero-order valence-electron chi connectivity index (χ0n) is 68.0. The Kier molecular flexibility index (Phi) is 26.6. The van der Waals surface area contributed by atoms with E-state index in [4.69, 9.17) is 60.5 Å². The van der Waals surface area contributed by atoms with Crippen LogP contribution < -0.4 is 4.90 Å². The summed E-state index contributed by atoms with van der Waals surface area (Å²) in [6, 6.07) is 81.3. The maximum Gasteiger partial charge on any atom is 0.306 e. The lowest BCUT2D eigenvalue weighted by Crippen LogP contribution is -2.32. The summed E-state index contributed by atoms with van der Waals surface area (Å²) in [4.78, 5) is 48.3. The number of H-pyrrole nitrogens is 1. The van der Waals surface area contributed by atoms with Gasteiger partial charge >= 0.3 is 23.9 Å². The minimum absolute atomic E-state index is 0.128. The van der Waals surface area contributed by atoms with E-state index in [1.165, 1.54) is 101 Å². The third kappa shape index (κ3) is 19.1. The molecule has 0 spiro atoms. The fourth-order valence-electron chi connectivity index (χ4n) is 16.7. The minimum atomic E-state index is -0.774. The predicted octanol–water partition coefficient (Wildman–Crippen LogP) is 25.7. The van der Waals surface area contributed by atoms with Gasteiger partial charge in [-0.1, -0.05) is 151 Å². The van der Waals surface area contributed by atoms with Crippen LogP contribution in [0.15, 0.2) is 245 Å². The number of anilines is 2. The highest BCUT2D eigenvalue weighted by atomic mass is 127. The molecule has 0 radical (unpaired) electrons. The Morgan fingerprint density at radius 2 is 0.870 bits per heavy atom. The van der Waals surface area contributed by atoms with Gasteiger partial charge in [-0.25, -0.2) is 0 Å². The molecule has 0 amide bonds. The number of nitrogens with one attached hydrogen (secondary N) is 1. The topological polar surface area (TPSA) is 255 Å². The van der Waals surface area contributed by atoms with Gasteiger partial charge in [-0.2, -0.15) is 10.5 Å². The van der Waals surface area contributed by atoms with Crippen LogP contribution in [0.3, 0.4) is 0 Å². The number of carbonyl (C=O) groups is 4. The Bertz CT molecular complexity index is 6910. The van der Waals surface area contributed by atoms with E-state index in [0.717, 1.165) is 100 Å². The monoisotopic (exact) mass is 1890 g/mol. The standard InChI is InChI=1S/C18H16ClNO2.C17H16ClNO2.C16H14BrNO2.C16H14ClN5.C16H14N2S.C15H12INO2/c1-10-2-4-16-14(6-10)15-9-12(19)3-5-17(15)20(16)13-7-11(8-13)18(21)22;1-11-4-6-15-13(9-11)14-10-12(18)5-7-16(14)19(15)8-2-3-17(20)21;1-10-2-4-14-12(8-10)13-9-11(17)3-5-15(13)18(14)7-6-16(19)20;1-10-2-4-14-12(8-10)13-9-11(17)3-5-15(13)22(14)7-6-16-18-20-21-19-16;1-12-7-8-16-14(11-12)18(10-4-9-17)13-5-2-3-6-15(13)19-16;16-10-5-6-14-12(9-10)11-3-1-2-4-13(11)17(14)8-7-15(18)19/h2-6,9,11,13H,7-8H2,1H3,(H,21,22);4-7,9-10H,2-3,8H2,1H3,(H,20,21);2-5,8-9H,6-7H2,1H3,(H,19,20);2-5,8-9H,6-7H2,1H3,(H,18,19,20,21);2-3,5-8,11H,4,10H2,1H3;1-6,9H,7-8H2,(H,18,19). The predicted molar refractivity (Wildman–Crippen MR) is 509 cm³/mol. The summed E-state index contributed by atoms with van der Waals surface area (Å²) in [6.45, 7) is 13.6. The van der Waals surface area contributed by atoms with Crippen molar-refractivity contribution in [2.45, 2.75) is 128 Å². The molecule has 1 saturated carbocycles. The van der Waals surface area contributed by atoms with Crippen LogP contribution in [-0.4, -0.2) is 94.3 Å². The Morgan fingerprint density at radius 1 is 0.455 bits per heavy atom. The number of tetrazole rings is 1. The van der Waals surface area contributed by atoms with Crippen molar-refractivity contribution in [1.82, 2.24) is 43.5 Å². The number of carboxylic acids is 4. The number of rotatable bonds is 17. The second-order valence-corrected chi connectivity index (χ2v) is 35.6. The summed E-state index contributed by atoms with van der Waals surface area (Å²) in [5.41, 5.74) is 19.8. The van der Waals surface area contributed by atoms with Crippen molar-refractivity contribution in [3.63, 3.8) is 0 Å². The highest BCUT2D eigenvalue weighted by Gasteiger charge is 2.37. The number of hydrogen-bond acceptors (Lipinski definition) is 10. The van der Waals surface area contributed by atoms with E-state index in [9.17, 15) is 19.2 Å². The summed E-state index contributed by atoms with van der Waals surface area (Å²) >= 11 is 26.1. The smallest absolute Gasteiger partial charge is 0.306 e. The fraction of sp³-hybridized carbons (Fsp3) is 0.204. The largest absolute Gasteiger partial charge is 0.481 e. The average Bonchev–Trinajstić information content (AvgIpc) is 1.61. The van der Waals surface area contributed by atoms with E-state index in [-0.39, 0.29) is 31.2 Å². The third-order valence-corrected chi connectivity index (χ3v) is 25.5. The van der Waals surface area contributed by atoms with E-state index in [0.29, 0.717) is 50.3 Å². The van der Waals surface area contributed by atoms with Crippen LogP contribution in [-0.2, 0) is 51.8 Å². The molecule has 1 fully saturated rings. The second kappa shape index (κ2) is 38.0. The number of fused-ring (bicyclic) bond motifs is 17. The van der Waals surface area contributed by atoms with E-state index < -0.39 is 23.9 Å². The molecular weight excluding hydrogens is 1800 g/mol. The molecule has 0 unspecified atom stereocenters. The molecule has 12 aromatic carbocycles. The van der Waals surface area contributed by atoms with Gasteiger partial charge in [0.25, 0.3) is 0 Å². The molecule has 6 aromatic heterocycles. The first-order chi connectivity index (χ1) is 59.3. The molecule has 622 valence electrons. The maximum atomic E-state index is 11.1. The van der Waals surface area contributed by atoms with Gasteiger partial charge in [-0.05, 0) is 252 Å². The molecule has 0 bridgehead atoms. The molecule has 20 rings (SSSR count). The molecule has 1 aliphatic carbocycles. The summed E-state index contributed by atoms with van der Waals surface area (Å²) in [6.07, 6.45) is 3.72. The van der Waals surface area contributed by atoms with Gasteiger partial charge in [-0.3, -0.25) is 19.2 Å². The molecule has 19 nitrogen and oxygen atoms in total. The second-order valence-electron chi connectivity index (χ2n) is 31.0. The van der Waals surface area contributed by atoms with E-state index >= 15 is 0 Å². The Balaban J connectivity index is 0.000000115. The summed E-state index contributed by atoms with van der Waals surface area (Å²) in [5, 5.41) is 72.7. The number of para-hydroxylation sites is 2. The van der Waals surface area contributed by atoms with Crippen molar-refractivity contribution in [2.75, 3.05) is 11.4 Å². The molecule has 0 saturated heterocycles. The van der Waals surface area contributed by atoms with Gasteiger partial charge in [0.2, 0.25) is 0 Å². The lowest BCUT2D eigenvalue weighted by Gasteiger charge is -2.34. The quantitative estimate of drug-likeness (QED) is 0.0532. The van der Waals surface area contributed by atoms with Crippen molar-refractivity contribution in [3.8, 4) is 6.07 Å². The molecule has 18 aromatic rings. The first-order valence-electron chi connectivity index (χ1n) is 40.4.